The van der Waals surface area contributed by atoms with E-state index in [9.17, 15) is 4.79 Å². The topological polar surface area (TPSA) is 110 Å². The molecule has 2 aromatic rings. The first-order valence-corrected chi connectivity index (χ1v) is 6.44. The number of amides is 1. The fourth-order valence-electron chi connectivity index (χ4n) is 1.94. The number of nitrogens with zero attached hydrogens (tertiary/aromatic N) is 3. The smallest absolute Gasteiger partial charge is 0.221 e. The lowest BCUT2D eigenvalue weighted by molar-refractivity contribution is -0.122. The predicted molar refractivity (Wildman–Crippen MR) is 74.6 cm³/mol. The number of anilines is 1. The zero-order chi connectivity index (χ0) is 14.5. The Labute approximate surface area is 117 Å². The SMILES string of the molecule is CC(CC(=O)NC(C)c1nn[nH]n1)c1ccc(N)cc1. The molecule has 0 fully saturated rings. The monoisotopic (exact) mass is 274 g/mol. The standard InChI is InChI=1S/C13H18N6O/c1-8(10-3-5-11(14)6-4-10)7-12(20)15-9(2)13-16-18-19-17-13/h3-6,8-9H,7,14H2,1-2H3,(H,15,20)(H,16,17,18,19). The van der Waals surface area contributed by atoms with Crippen molar-refractivity contribution in [3.63, 3.8) is 0 Å². The van der Waals surface area contributed by atoms with Gasteiger partial charge in [0.05, 0.1) is 6.04 Å². The Morgan fingerprint density at radius 1 is 1.35 bits per heavy atom. The first-order valence-electron chi connectivity index (χ1n) is 6.44. The van der Waals surface area contributed by atoms with Gasteiger partial charge in [0.15, 0.2) is 5.82 Å². The number of rotatable bonds is 5. The summed E-state index contributed by atoms with van der Waals surface area (Å²) in [5, 5.41) is 16.4. The van der Waals surface area contributed by atoms with E-state index < -0.39 is 0 Å². The Kier molecular flexibility index (Phi) is 4.29. The highest BCUT2D eigenvalue weighted by molar-refractivity contribution is 5.77. The zero-order valence-corrected chi connectivity index (χ0v) is 11.5. The Bertz CT molecular complexity index is 551. The van der Waals surface area contributed by atoms with Crippen molar-refractivity contribution in [2.45, 2.75) is 32.2 Å². The highest BCUT2D eigenvalue weighted by atomic mass is 16.1. The molecule has 2 atom stereocenters. The summed E-state index contributed by atoms with van der Waals surface area (Å²) in [7, 11) is 0. The number of nitrogens with two attached hydrogens (primary N) is 1. The lowest BCUT2D eigenvalue weighted by Gasteiger charge is -2.14. The summed E-state index contributed by atoms with van der Waals surface area (Å²) in [6, 6.07) is 7.29. The van der Waals surface area contributed by atoms with Crippen LogP contribution in [0, 0.1) is 0 Å². The van der Waals surface area contributed by atoms with Crippen molar-refractivity contribution < 1.29 is 4.79 Å². The van der Waals surface area contributed by atoms with Gasteiger partial charge in [-0.15, -0.1) is 10.2 Å². The highest BCUT2D eigenvalue weighted by Gasteiger charge is 2.16. The highest BCUT2D eigenvalue weighted by Crippen LogP contribution is 2.20. The molecule has 7 heteroatoms. The summed E-state index contributed by atoms with van der Waals surface area (Å²) in [5.74, 6) is 0.540. The molecule has 0 radical (unpaired) electrons. The number of tetrazole rings is 1. The van der Waals surface area contributed by atoms with Gasteiger partial charge < -0.3 is 11.1 Å². The maximum absolute atomic E-state index is 12.0. The largest absolute Gasteiger partial charge is 0.399 e. The van der Waals surface area contributed by atoms with Crippen molar-refractivity contribution in [2.75, 3.05) is 5.73 Å². The van der Waals surface area contributed by atoms with Crippen molar-refractivity contribution in [1.82, 2.24) is 25.9 Å². The molecule has 0 aliphatic carbocycles. The second kappa shape index (κ2) is 6.14. The van der Waals surface area contributed by atoms with Gasteiger partial charge in [0.25, 0.3) is 0 Å². The number of nitrogen functional groups attached to an aromatic ring is 1. The van der Waals surface area contributed by atoms with Gasteiger partial charge in [-0.1, -0.05) is 24.3 Å². The number of benzene rings is 1. The van der Waals surface area contributed by atoms with Crippen molar-refractivity contribution in [3.8, 4) is 0 Å². The molecule has 1 amide bonds. The summed E-state index contributed by atoms with van der Waals surface area (Å²) in [6.07, 6.45) is 0.395. The van der Waals surface area contributed by atoms with Crippen LogP contribution in [0.5, 0.6) is 0 Å². The number of hydrogen-bond acceptors (Lipinski definition) is 5. The number of hydrogen-bond donors (Lipinski definition) is 3. The van der Waals surface area contributed by atoms with Crippen LogP contribution in [0.4, 0.5) is 5.69 Å². The van der Waals surface area contributed by atoms with Gasteiger partial charge >= 0.3 is 0 Å². The number of carbonyl (C=O) groups excluding carboxylic acids is 1. The van der Waals surface area contributed by atoms with Crippen LogP contribution in [-0.2, 0) is 4.79 Å². The third-order valence-corrected chi connectivity index (χ3v) is 3.12. The molecule has 0 saturated carbocycles. The van der Waals surface area contributed by atoms with Crippen molar-refractivity contribution in [1.29, 1.82) is 0 Å². The van der Waals surface area contributed by atoms with Crippen molar-refractivity contribution >= 4 is 11.6 Å². The molecular weight excluding hydrogens is 256 g/mol. The van der Waals surface area contributed by atoms with Crippen LogP contribution < -0.4 is 11.1 Å². The number of aromatic amines is 1. The molecule has 20 heavy (non-hydrogen) atoms. The Hall–Kier alpha value is -2.44. The van der Waals surface area contributed by atoms with Crippen LogP contribution in [0.25, 0.3) is 0 Å². The molecule has 0 saturated heterocycles. The van der Waals surface area contributed by atoms with Crippen LogP contribution in [0.15, 0.2) is 24.3 Å². The number of nitrogens with one attached hydrogen (secondary N) is 2. The van der Waals surface area contributed by atoms with E-state index in [2.05, 4.69) is 25.9 Å². The Morgan fingerprint density at radius 3 is 2.65 bits per heavy atom. The number of aromatic nitrogens is 4. The van der Waals surface area contributed by atoms with Gasteiger partial charge in [0.2, 0.25) is 5.91 Å². The molecule has 0 aliphatic rings. The molecule has 2 rings (SSSR count). The molecule has 0 spiro atoms. The van der Waals surface area contributed by atoms with Crippen LogP contribution in [0.3, 0.4) is 0 Å². The fourth-order valence-corrected chi connectivity index (χ4v) is 1.94. The fraction of sp³-hybridized carbons (Fsp3) is 0.385. The number of carbonyl (C=O) groups is 1. The molecular formula is C13H18N6O. The predicted octanol–water partition coefficient (Wildman–Crippen LogP) is 1.15. The molecule has 106 valence electrons. The van der Waals surface area contributed by atoms with Crippen LogP contribution >= 0.6 is 0 Å². The zero-order valence-electron chi connectivity index (χ0n) is 11.5. The lowest BCUT2D eigenvalue weighted by atomic mass is 9.97. The third kappa shape index (κ3) is 3.53. The first-order chi connectivity index (χ1) is 9.56. The molecule has 1 aromatic carbocycles. The minimum Gasteiger partial charge on any atom is -0.399 e. The van der Waals surface area contributed by atoms with Crippen molar-refractivity contribution in [3.05, 3.63) is 35.7 Å². The van der Waals surface area contributed by atoms with E-state index >= 15 is 0 Å². The summed E-state index contributed by atoms with van der Waals surface area (Å²) < 4.78 is 0. The average Bonchev–Trinajstić information content (AvgIpc) is 2.93. The summed E-state index contributed by atoms with van der Waals surface area (Å²) >= 11 is 0. The van der Waals surface area contributed by atoms with E-state index in [4.69, 9.17) is 5.73 Å². The molecule has 0 aliphatic heterocycles. The van der Waals surface area contributed by atoms with E-state index in [1.54, 1.807) is 0 Å². The second-order valence-electron chi connectivity index (χ2n) is 4.83. The third-order valence-electron chi connectivity index (χ3n) is 3.12. The summed E-state index contributed by atoms with van der Waals surface area (Å²) in [4.78, 5) is 12.0. The molecule has 4 N–H and O–H groups in total. The normalized spacial score (nSPS) is 13.7. The quantitative estimate of drug-likeness (QED) is 0.708. The van der Waals surface area contributed by atoms with Crippen molar-refractivity contribution in [2.24, 2.45) is 0 Å². The van der Waals surface area contributed by atoms with E-state index in [0.717, 1.165) is 11.3 Å². The minimum absolute atomic E-state index is 0.0494. The Balaban J connectivity index is 1.89. The van der Waals surface area contributed by atoms with E-state index in [1.165, 1.54) is 0 Å². The molecule has 7 nitrogen and oxygen atoms in total. The van der Waals surface area contributed by atoms with E-state index in [0.29, 0.717) is 12.2 Å². The maximum Gasteiger partial charge on any atom is 0.221 e. The van der Waals surface area contributed by atoms with Gasteiger partial charge in [-0.25, -0.2) is 0 Å². The van der Waals surface area contributed by atoms with Gasteiger partial charge in [0.1, 0.15) is 0 Å². The first kappa shape index (κ1) is 14.0. The molecule has 0 bridgehead atoms. The van der Waals surface area contributed by atoms with E-state index in [1.807, 2.05) is 38.1 Å². The van der Waals surface area contributed by atoms with Crippen LogP contribution in [0.2, 0.25) is 0 Å². The minimum atomic E-state index is -0.264. The maximum atomic E-state index is 12.0. The summed E-state index contributed by atoms with van der Waals surface area (Å²) in [6.45, 7) is 3.82. The number of H-pyrrole nitrogens is 1. The Morgan fingerprint density at radius 2 is 2.05 bits per heavy atom. The van der Waals surface area contributed by atoms with Gasteiger partial charge in [-0.05, 0) is 30.5 Å². The van der Waals surface area contributed by atoms with Crippen LogP contribution in [-0.4, -0.2) is 26.5 Å². The molecule has 1 aromatic heterocycles. The summed E-state index contributed by atoms with van der Waals surface area (Å²) in [5.41, 5.74) is 7.45. The van der Waals surface area contributed by atoms with Gasteiger partial charge in [-0.3, -0.25) is 4.79 Å². The lowest BCUT2D eigenvalue weighted by Crippen LogP contribution is -2.28. The van der Waals surface area contributed by atoms with Gasteiger partial charge in [0, 0.05) is 12.1 Å². The molecule has 1 heterocycles. The van der Waals surface area contributed by atoms with Crippen LogP contribution in [0.1, 0.15) is 43.6 Å². The average molecular weight is 274 g/mol. The van der Waals surface area contributed by atoms with Gasteiger partial charge in [-0.2, -0.15) is 5.21 Å². The molecule has 2 unspecified atom stereocenters. The van der Waals surface area contributed by atoms with E-state index in [-0.39, 0.29) is 17.9 Å². The second-order valence-corrected chi connectivity index (χ2v) is 4.83.